The van der Waals surface area contributed by atoms with Crippen LogP contribution in [-0.4, -0.2) is 4.57 Å². The Morgan fingerprint density at radius 3 is 2.18 bits per heavy atom. The van der Waals surface area contributed by atoms with Crippen molar-refractivity contribution in [2.45, 2.75) is 26.7 Å². The molecule has 4 nitrogen and oxygen atoms in total. The van der Waals surface area contributed by atoms with Crippen molar-refractivity contribution in [3.63, 3.8) is 0 Å². The minimum Gasteiger partial charge on any atom is -0.267 e. The molecule has 0 saturated heterocycles. The topological polar surface area (TPSA) is 69.6 Å². The number of nitrogens with zero attached hydrogens (tertiary/aromatic N) is 3. The van der Waals surface area contributed by atoms with Crippen LogP contribution in [0.25, 0.3) is 17.3 Å². The van der Waals surface area contributed by atoms with Crippen molar-refractivity contribution in [3.05, 3.63) is 84.8 Å². The van der Waals surface area contributed by atoms with Crippen LogP contribution in [0.5, 0.6) is 0 Å². The molecule has 0 bridgehead atoms. The number of rotatable bonds is 3. The normalized spacial score (nSPS) is 11.3. The zero-order chi connectivity index (χ0) is 20.3. The van der Waals surface area contributed by atoms with Gasteiger partial charge in [-0.2, -0.15) is 10.5 Å². The van der Waals surface area contributed by atoms with E-state index in [0.29, 0.717) is 20.8 Å². The SMILES string of the molecule is Cc1ccc(/C=c2/sc(=C(C#N)C#N)n(-c3ccc(C(C)C)cc3)c2=O)cc1. The molecule has 1 heterocycles. The first-order chi connectivity index (χ1) is 13.4. The molecular weight excluding hydrogens is 366 g/mol. The van der Waals surface area contributed by atoms with Crippen LogP contribution in [0, 0.1) is 29.6 Å². The van der Waals surface area contributed by atoms with Gasteiger partial charge >= 0.3 is 0 Å². The Kier molecular flexibility index (Phi) is 5.59. The first-order valence-electron chi connectivity index (χ1n) is 8.89. The van der Waals surface area contributed by atoms with Gasteiger partial charge in [-0.3, -0.25) is 9.36 Å². The maximum Gasteiger partial charge on any atom is 0.273 e. The van der Waals surface area contributed by atoms with Gasteiger partial charge in [0.05, 0.1) is 10.2 Å². The molecule has 3 aromatic rings. The lowest BCUT2D eigenvalue weighted by Gasteiger charge is -2.07. The number of thiazole rings is 1. The predicted molar refractivity (Wildman–Crippen MR) is 113 cm³/mol. The third-order valence-electron chi connectivity index (χ3n) is 4.45. The first-order valence-corrected chi connectivity index (χ1v) is 9.71. The Labute approximate surface area is 167 Å². The zero-order valence-electron chi connectivity index (χ0n) is 15.9. The molecule has 0 atom stereocenters. The number of hydrogen-bond acceptors (Lipinski definition) is 4. The van der Waals surface area contributed by atoms with E-state index in [0.717, 1.165) is 28.0 Å². The van der Waals surface area contributed by atoms with Crippen molar-refractivity contribution in [1.82, 2.24) is 4.57 Å². The highest BCUT2D eigenvalue weighted by molar-refractivity contribution is 7.07. The fourth-order valence-electron chi connectivity index (χ4n) is 2.83. The summed E-state index contributed by atoms with van der Waals surface area (Å²) in [6.45, 7) is 6.20. The Morgan fingerprint density at radius 1 is 1.04 bits per heavy atom. The quantitative estimate of drug-likeness (QED) is 0.694. The summed E-state index contributed by atoms with van der Waals surface area (Å²) in [5.74, 6) is 0.374. The van der Waals surface area contributed by atoms with Gasteiger partial charge in [-0.25, -0.2) is 0 Å². The molecule has 138 valence electrons. The molecule has 0 unspecified atom stereocenters. The average Bonchev–Trinajstić information content (AvgIpc) is 3.01. The maximum absolute atomic E-state index is 13.1. The van der Waals surface area contributed by atoms with E-state index in [2.05, 4.69) is 13.8 Å². The molecule has 5 heteroatoms. The van der Waals surface area contributed by atoms with Crippen molar-refractivity contribution >= 4 is 23.0 Å². The predicted octanol–water partition coefficient (Wildman–Crippen LogP) is 3.36. The van der Waals surface area contributed by atoms with Gasteiger partial charge in [0, 0.05) is 0 Å². The molecule has 2 aromatic carbocycles. The van der Waals surface area contributed by atoms with Crippen molar-refractivity contribution < 1.29 is 0 Å². The monoisotopic (exact) mass is 385 g/mol. The van der Waals surface area contributed by atoms with Gasteiger partial charge in [-0.05, 0) is 42.2 Å². The van der Waals surface area contributed by atoms with Crippen molar-refractivity contribution in [1.29, 1.82) is 10.5 Å². The van der Waals surface area contributed by atoms with E-state index in [9.17, 15) is 15.3 Å². The number of nitriles is 2. The lowest BCUT2D eigenvalue weighted by atomic mass is 10.0. The summed E-state index contributed by atoms with van der Waals surface area (Å²) in [5, 5.41) is 18.7. The Hall–Kier alpha value is -3.41. The lowest BCUT2D eigenvalue weighted by Crippen LogP contribution is -2.30. The molecule has 0 amide bonds. The zero-order valence-corrected chi connectivity index (χ0v) is 16.7. The van der Waals surface area contributed by atoms with E-state index in [1.165, 1.54) is 4.57 Å². The summed E-state index contributed by atoms with van der Waals surface area (Å²) >= 11 is 1.16. The van der Waals surface area contributed by atoms with Crippen molar-refractivity contribution in [2.75, 3.05) is 0 Å². The van der Waals surface area contributed by atoms with Crippen LogP contribution in [-0.2, 0) is 0 Å². The van der Waals surface area contributed by atoms with Crippen LogP contribution in [0.4, 0.5) is 0 Å². The molecule has 0 spiro atoms. The van der Waals surface area contributed by atoms with Gasteiger partial charge in [0.1, 0.15) is 16.8 Å². The van der Waals surface area contributed by atoms with Gasteiger partial charge in [-0.15, -0.1) is 11.3 Å². The van der Waals surface area contributed by atoms with Crippen LogP contribution in [0.1, 0.15) is 36.5 Å². The Bertz CT molecular complexity index is 1250. The van der Waals surface area contributed by atoms with Gasteiger partial charge in [0.25, 0.3) is 5.56 Å². The van der Waals surface area contributed by atoms with E-state index in [-0.39, 0.29) is 11.1 Å². The fourth-order valence-corrected chi connectivity index (χ4v) is 3.88. The van der Waals surface area contributed by atoms with Crippen LogP contribution in [0.2, 0.25) is 0 Å². The van der Waals surface area contributed by atoms with Gasteiger partial charge < -0.3 is 0 Å². The molecule has 0 aliphatic heterocycles. The second kappa shape index (κ2) is 8.08. The Morgan fingerprint density at radius 2 is 1.64 bits per heavy atom. The first kappa shape index (κ1) is 19.4. The van der Waals surface area contributed by atoms with Gasteiger partial charge in [0.2, 0.25) is 0 Å². The highest BCUT2D eigenvalue weighted by Gasteiger charge is 2.11. The highest BCUT2D eigenvalue weighted by Crippen LogP contribution is 2.15. The second-order valence-corrected chi connectivity index (χ2v) is 7.84. The Balaban J connectivity index is 2.30. The smallest absolute Gasteiger partial charge is 0.267 e. The van der Waals surface area contributed by atoms with E-state index in [1.807, 2.05) is 67.6 Å². The molecule has 0 fully saturated rings. The minimum absolute atomic E-state index is 0.0707. The summed E-state index contributed by atoms with van der Waals surface area (Å²) in [5.41, 5.74) is 3.53. The molecule has 0 N–H and O–H groups in total. The van der Waals surface area contributed by atoms with E-state index in [1.54, 1.807) is 6.08 Å². The molecule has 0 aliphatic rings. The largest absolute Gasteiger partial charge is 0.273 e. The van der Waals surface area contributed by atoms with Gasteiger partial charge in [-0.1, -0.05) is 55.8 Å². The number of aryl methyl sites for hydroxylation is 1. The molecule has 3 rings (SSSR count). The molecule has 0 aliphatic carbocycles. The number of benzene rings is 2. The maximum atomic E-state index is 13.1. The third-order valence-corrected chi connectivity index (χ3v) is 5.55. The summed E-state index contributed by atoms with van der Waals surface area (Å²) in [6.07, 6.45) is 1.79. The molecule has 28 heavy (non-hydrogen) atoms. The summed E-state index contributed by atoms with van der Waals surface area (Å²) in [6, 6.07) is 19.3. The standard InChI is InChI=1S/C23H19N3OS/c1-15(2)18-8-10-20(11-9-18)26-22(27)21(28-23(26)19(13-24)14-25)12-17-6-4-16(3)5-7-17/h4-12,15H,1-3H3/b21-12+. The van der Waals surface area contributed by atoms with Crippen molar-refractivity contribution in [2.24, 2.45) is 0 Å². The molecule has 0 saturated carbocycles. The van der Waals surface area contributed by atoms with Crippen LogP contribution in [0.15, 0.2) is 53.3 Å². The highest BCUT2D eigenvalue weighted by atomic mass is 32.1. The van der Waals surface area contributed by atoms with E-state index in [4.69, 9.17) is 0 Å². The van der Waals surface area contributed by atoms with Gasteiger partial charge in [0.15, 0.2) is 5.57 Å². The molecular formula is C23H19N3OS. The van der Waals surface area contributed by atoms with E-state index >= 15 is 0 Å². The summed E-state index contributed by atoms with van der Waals surface area (Å²) in [4.78, 5) is 13.1. The average molecular weight is 385 g/mol. The second-order valence-electron chi connectivity index (χ2n) is 6.81. The van der Waals surface area contributed by atoms with Crippen LogP contribution < -0.4 is 14.8 Å². The van der Waals surface area contributed by atoms with E-state index < -0.39 is 0 Å². The summed E-state index contributed by atoms with van der Waals surface area (Å²) in [7, 11) is 0. The number of hydrogen-bond donors (Lipinski definition) is 0. The minimum atomic E-state index is -0.235. The number of aromatic nitrogens is 1. The molecule has 1 aromatic heterocycles. The lowest BCUT2D eigenvalue weighted by molar-refractivity contribution is 0.864. The van der Waals surface area contributed by atoms with Crippen LogP contribution >= 0.6 is 11.3 Å². The fraction of sp³-hybridized carbons (Fsp3) is 0.174. The summed E-state index contributed by atoms with van der Waals surface area (Å²) < 4.78 is 2.29. The van der Waals surface area contributed by atoms with Crippen molar-refractivity contribution in [3.8, 4) is 17.8 Å². The van der Waals surface area contributed by atoms with Crippen LogP contribution in [0.3, 0.4) is 0 Å². The molecule has 0 radical (unpaired) electrons. The third kappa shape index (κ3) is 3.81.